The van der Waals surface area contributed by atoms with Crippen molar-refractivity contribution in [3.63, 3.8) is 0 Å². The number of sulfonamides is 1. The Hall–Kier alpha value is -3.32. The fraction of sp³-hybridized carbons (Fsp3) is 0.542. The lowest BCUT2D eigenvalue weighted by atomic mass is 10.1. The number of amides is 4. The molecule has 0 aliphatic carbocycles. The predicted octanol–water partition coefficient (Wildman–Crippen LogP) is 0.0848. The van der Waals surface area contributed by atoms with E-state index in [-0.39, 0.29) is 50.1 Å². The largest absolute Gasteiger partial charge is 0.351 e. The molecule has 0 aromatic heterocycles. The van der Waals surface area contributed by atoms with Crippen molar-refractivity contribution < 1.29 is 41.7 Å². The van der Waals surface area contributed by atoms with Crippen LogP contribution in [0.15, 0.2) is 24.3 Å². The molecule has 1 aromatic carbocycles. The van der Waals surface area contributed by atoms with Gasteiger partial charge in [0.05, 0.1) is 18.7 Å². The van der Waals surface area contributed by atoms with Crippen molar-refractivity contribution in [3.05, 3.63) is 35.4 Å². The molecular weight excluding hydrogens is 504 g/mol. The Balaban J connectivity index is 1.28. The maximum atomic E-state index is 12.8. The number of hydrogen-bond donors (Lipinski definition) is 1. The van der Waals surface area contributed by atoms with Gasteiger partial charge in [0, 0.05) is 36.9 Å². The number of fused-ring (bicyclic) bond motifs is 2. The summed E-state index contributed by atoms with van der Waals surface area (Å²) in [5.74, 6) is -2.71. The zero-order valence-electron chi connectivity index (χ0n) is 20.7. The quantitative estimate of drug-likeness (QED) is 0.327. The second-order valence-corrected chi connectivity index (χ2v) is 11.7. The van der Waals surface area contributed by atoms with Gasteiger partial charge in [-0.05, 0) is 18.6 Å². The van der Waals surface area contributed by atoms with Crippen molar-refractivity contribution in [1.82, 2.24) is 14.7 Å². The van der Waals surface area contributed by atoms with Gasteiger partial charge < -0.3 is 14.6 Å². The monoisotopic (exact) mass is 535 g/mol. The summed E-state index contributed by atoms with van der Waals surface area (Å²) in [5.41, 5.74) is 1.31. The maximum absolute atomic E-state index is 12.8. The Bertz CT molecular complexity index is 1200. The minimum Gasteiger partial charge on any atom is -0.351 e. The van der Waals surface area contributed by atoms with Gasteiger partial charge in [-0.3, -0.25) is 19.2 Å². The Morgan fingerprint density at radius 3 is 2.41 bits per heavy atom. The van der Waals surface area contributed by atoms with E-state index in [9.17, 15) is 32.4 Å². The number of hydroxylamine groups is 2. The van der Waals surface area contributed by atoms with Gasteiger partial charge in [-0.2, -0.15) is 0 Å². The van der Waals surface area contributed by atoms with E-state index in [1.54, 1.807) is 31.2 Å². The molecule has 37 heavy (non-hydrogen) atoms. The van der Waals surface area contributed by atoms with Gasteiger partial charge in [0.1, 0.15) is 19.1 Å². The van der Waals surface area contributed by atoms with Gasteiger partial charge in [-0.1, -0.05) is 19.1 Å². The lowest BCUT2D eigenvalue weighted by molar-refractivity contribution is -0.925. The van der Waals surface area contributed by atoms with Crippen LogP contribution in [0.25, 0.3) is 0 Å². The molecule has 2 atom stereocenters. The van der Waals surface area contributed by atoms with E-state index in [0.29, 0.717) is 47.6 Å². The molecule has 3 heterocycles. The Kier molecular flexibility index (Phi) is 7.64. The van der Waals surface area contributed by atoms with Crippen molar-refractivity contribution in [3.8, 4) is 0 Å². The summed E-state index contributed by atoms with van der Waals surface area (Å²) in [6, 6.07) is 6.61. The normalized spacial score (nSPS) is 23.5. The van der Waals surface area contributed by atoms with E-state index in [1.807, 2.05) is 0 Å². The third-order valence-electron chi connectivity index (χ3n) is 6.89. The van der Waals surface area contributed by atoms with E-state index < -0.39 is 33.7 Å². The average Bonchev–Trinajstić information content (AvgIpc) is 3.32. The predicted molar refractivity (Wildman–Crippen MR) is 128 cm³/mol. The van der Waals surface area contributed by atoms with Gasteiger partial charge in [0.15, 0.2) is 6.54 Å². The topological polar surface area (TPSA) is 147 Å². The van der Waals surface area contributed by atoms with Gasteiger partial charge in [-0.15, -0.1) is 5.06 Å². The van der Waals surface area contributed by atoms with E-state index in [4.69, 9.17) is 4.84 Å². The van der Waals surface area contributed by atoms with Crippen LogP contribution in [0.4, 0.5) is 0 Å². The number of benzene rings is 1. The van der Waals surface area contributed by atoms with Gasteiger partial charge >= 0.3 is 5.97 Å². The third kappa shape index (κ3) is 5.82. The summed E-state index contributed by atoms with van der Waals surface area (Å²) in [6.07, 6.45) is 0.909. The van der Waals surface area contributed by atoms with Crippen molar-refractivity contribution >= 4 is 39.6 Å². The third-order valence-corrected chi connectivity index (χ3v) is 8.92. The van der Waals surface area contributed by atoms with E-state index >= 15 is 0 Å². The van der Waals surface area contributed by atoms with Crippen LogP contribution in [0.2, 0.25) is 0 Å². The van der Waals surface area contributed by atoms with E-state index in [2.05, 4.69) is 5.32 Å². The Morgan fingerprint density at radius 1 is 1.08 bits per heavy atom. The fourth-order valence-electron chi connectivity index (χ4n) is 5.22. The van der Waals surface area contributed by atoms with Gasteiger partial charge in [0.25, 0.3) is 23.6 Å². The minimum atomic E-state index is -3.59. The van der Waals surface area contributed by atoms with Crippen LogP contribution < -0.4 is 5.32 Å². The maximum Gasteiger partial charge on any atom is 0.334 e. The first-order chi connectivity index (χ1) is 17.5. The molecule has 3 aliphatic rings. The molecule has 0 spiro atoms. The molecule has 3 aliphatic heterocycles. The molecule has 0 saturated carbocycles. The Labute approximate surface area is 215 Å². The second kappa shape index (κ2) is 10.6. The fourth-order valence-corrected chi connectivity index (χ4v) is 6.93. The van der Waals surface area contributed by atoms with E-state index in [1.165, 1.54) is 0 Å². The Morgan fingerprint density at radius 2 is 1.76 bits per heavy atom. The number of quaternary nitrogens is 1. The molecule has 1 N–H and O–H groups in total. The number of hydrogen-bond acceptors (Lipinski definition) is 8. The van der Waals surface area contributed by atoms with Crippen molar-refractivity contribution in [2.75, 3.05) is 31.9 Å². The van der Waals surface area contributed by atoms with Crippen LogP contribution in [0.1, 0.15) is 54.9 Å². The van der Waals surface area contributed by atoms with Crippen LogP contribution in [-0.2, 0) is 40.6 Å². The van der Waals surface area contributed by atoms with Crippen LogP contribution in [0.5, 0.6) is 0 Å². The van der Waals surface area contributed by atoms with Crippen LogP contribution >= 0.6 is 0 Å². The number of imide groups is 1. The summed E-state index contributed by atoms with van der Waals surface area (Å²) in [7, 11) is -3.59. The number of nitrogens with zero attached hydrogens (tertiary/aromatic N) is 3. The smallest absolute Gasteiger partial charge is 0.334 e. The highest BCUT2D eigenvalue weighted by atomic mass is 32.2. The average molecular weight is 536 g/mol. The van der Waals surface area contributed by atoms with Crippen molar-refractivity contribution in [2.24, 2.45) is 0 Å². The summed E-state index contributed by atoms with van der Waals surface area (Å²) in [5, 5.41) is 3.07. The number of carbonyl (C=O) groups excluding carboxylic acids is 5. The van der Waals surface area contributed by atoms with Gasteiger partial charge in [-0.25, -0.2) is 17.5 Å². The van der Waals surface area contributed by atoms with Crippen LogP contribution in [0, 0.1) is 0 Å². The summed E-state index contributed by atoms with van der Waals surface area (Å²) < 4.78 is 26.8. The molecule has 200 valence electrons. The first-order valence-electron chi connectivity index (χ1n) is 12.4. The molecule has 0 radical (unpaired) electrons. The molecular formula is C24H31N4O8S+. The number of nitrogens with one attached hydrogen (secondary N) is 1. The highest BCUT2D eigenvalue weighted by Crippen LogP contribution is 2.33. The highest BCUT2D eigenvalue weighted by Gasteiger charge is 2.52. The molecule has 4 rings (SSSR count). The number of carbonyl (C=O) groups is 5. The molecule has 2 unspecified atom stereocenters. The molecule has 3 fully saturated rings. The van der Waals surface area contributed by atoms with Gasteiger partial charge in [0.2, 0.25) is 10.0 Å². The number of rotatable bonds is 10. The summed E-state index contributed by atoms with van der Waals surface area (Å²) in [6.45, 7) is 3.73. The molecule has 13 heteroatoms. The summed E-state index contributed by atoms with van der Waals surface area (Å²) >= 11 is 0. The molecule has 4 amide bonds. The zero-order valence-corrected chi connectivity index (χ0v) is 21.5. The molecule has 12 nitrogen and oxygen atoms in total. The van der Waals surface area contributed by atoms with Crippen molar-refractivity contribution in [1.29, 1.82) is 0 Å². The lowest BCUT2D eigenvalue weighted by Gasteiger charge is -2.40. The highest BCUT2D eigenvalue weighted by molar-refractivity contribution is 7.89. The minimum absolute atomic E-state index is 0.00897. The second-order valence-electron chi connectivity index (χ2n) is 9.76. The first kappa shape index (κ1) is 26.7. The first-order valence-corrected chi connectivity index (χ1v) is 14.0. The number of piperazine rings is 1. The lowest BCUT2D eigenvalue weighted by Crippen LogP contribution is -2.61. The molecule has 1 aromatic rings. The van der Waals surface area contributed by atoms with Crippen LogP contribution in [-0.4, -0.2) is 89.8 Å². The van der Waals surface area contributed by atoms with Crippen molar-refractivity contribution in [2.45, 2.75) is 51.6 Å². The summed E-state index contributed by atoms with van der Waals surface area (Å²) in [4.78, 5) is 64.8. The SMILES string of the molecule is CCCS(=O)(=O)N1C(=O)C[N+]2(Cc3ccc(C(=O)NCCC(=O)ON4C(=O)CCC4=O)cc3)CCC1C2. The zero-order chi connectivity index (χ0) is 26.8. The molecule has 2 bridgehead atoms. The van der Waals surface area contributed by atoms with Crippen LogP contribution in [0.3, 0.4) is 0 Å². The van der Waals surface area contributed by atoms with E-state index in [0.717, 1.165) is 9.87 Å². The molecule has 3 saturated heterocycles. The standard InChI is InChI=1S/C24H30N4O8S/c1-2-13-37(34,35)27-19-10-12-28(15-19,16-22(27)31)14-17-3-5-18(6-4-17)24(33)25-11-9-23(32)36-26-20(29)7-8-21(26)30/h3-6,19H,2,7-16H2,1H3/p+1.